The highest BCUT2D eigenvalue weighted by Gasteiger charge is 2.29. The fourth-order valence-corrected chi connectivity index (χ4v) is 1.49. The molecule has 0 spiro atoms. The SMILES string of the molecule is CC(C)(C)OC(=O)CNS(=O)(=O)C(C)(C)C. The van der Waals surface area contributed by atoms with E-state index in [0.717, 1.165) is 0 Å². The van der Waals surface area contributed by atoms with E-state index in [4.69, 9.17) is 4.74 Å². The molecule has 0 aromatic rings. The molecule has 0 aromatic heterocycles. The van der Waals surface area contributed by atoms with Crippen LogP contribution in [0.15, 0.2) is 0 Å². The van der Waals surface area contributed by atoms with Crippen molar-refractivity contribution in [2.24, 2.45) is 0 Å². The van der Waals surface area contributed by atoms with Crippen LogP contribution in [0.5, 0.6) is 0 Å². The Morgan fingerprint density at radius 3 is 1.88 bits per heavy atom. The molecule has 96 valence electrons. The standard InChI is InChI=1S/C10H21NO4S/c1-9(2,3)15-8(12)7-11-16(13,14)10(4,5)6/h11H,7H2,1-6H3. The largest absolute Gasteiger partial charge is 0.459 e. The number of esters is 1. The zero-order valence-corrected chi connectivity index (χ0v) is 11.6. The molecule has 0 amide bonds. The second kappa shape index (κ2) is 4.71. The molecule has 0 saturated heterocycles. The number of carbonyl (C=O) groups excluding carboxylic acids is 1. The van der Waals surface area contributed by atoms with Gasteiger partial charge in [-0.2, -0.15) is 0 Å². The highest BCUT2D eigenvalue weighted by molar-refractivity contribution is 7.90. The number of hydrogen-bond acceptors (Lipinski definition) is 4. The van der Waals surface area contributed by atoms with Gasteiger partial charge in [-0.15, -0.1) is 0 Å². The maximum atomic E-state index is 11.6. The third-order valence-electron chi connectivity index (χ3n) is 1.63. The Hall–Kier alpha value is -0.620. The molecule has 0 saturated carbocycles. The lowest BCUT2D eigenvalue weighted by molar-refractivity contribution is -0.153. The van der Waals surface area contributed by atoms with Crippen molar-refractivity contribution in [3.05, 3.63) is 0 Å². The second-order valence-electron chi connectivity index (χ2n) is 5.52. The van der Waals surface area contributed by atoms with E-state index in [1.54, 1.807) is 41.5 Å². The first-order chi connectivity index (χ1) is 6.85. The van der Waals surface area contributed by atoms with Crippen LogP contribution in [0, 0.1) is 0 Å². The average molecular weight is 251 g/mol. The minimum Gasteiger partial charge on any atom is -0.459 e. The van der Waals surface area contributed by atoms with Crippen LogP contribution >= 0.6 is 0 Å². The van der Waals surface area contributed by atoms with Crippen molar-refractivity contribution < 1.29 is 17.9 Å². The smallest absolute Gasteiger partial charge is 0.321 e. The number of sulfonamides is 1. The minimum absolute atomic E-state index is 0.336. The van der Waals surface area contributed by atoms with Crippen molar-refractivity contribution in [3.8, 4) is 0 Å². The van der Waals surface area contributed by atoms with Crippen LogP contribution in [0.4, 0.5) is 0 Å². The van der Waals surface area contributed by atoms with E-state index in [1.807, 2.05) is 0 Å². The highest BCUT2D eigenvalue weighted by atomic mass is 32.2. The number of nitrogens with one attached hydrogen (secondary N) is 1. The molecule has 5 nitrogen and oxygen atoms in total. The van der Waals surface area contributed by atoms with Crippen molar-refractivity contribution in [1.82, 2.24) is 4.72 Å². The molecule has 1 N–H and O–H groups in total. The summed E-state index contributed by atoms with van der Waals surface area (Å²) >= 11 is 0. The number of rotatable bonds is 3. The van der Waals surface area contributed by atoms with Crippen LogP contribution in [0.2, 0.25) is 0 Å². The Balaban J connectivity index is 4.34. The molecular formula is C10H21NO4S. The molecule has 0 rings (SSSR count). The Kier molecular flexibility index (Phi) is 4.53. The summed E-state index contributed by atoms with van der Waals surface area (Å²) in [4.78, 5) is 11.3. The molecule has 6 heteroatoms. The van der Waals surface area contributed by atoms with Crippen LogP contribution in [0.1, 0.15) is 41.5 Å². The highest BCUT2D eigenvalue weighted by Crippen LogP contribution is 2.13. The molecule has 0 heterocycles. The van der Waals surface area contributed by atoms with E-state index >= 15 is 0 Å². The Morgan fingerprint density at radius 2 is 1.56 bits per heavy atom. The summed E-state index contributed by atoms with van der Waals surface area (Å²) in [5.74, 6) is -0.583. The first kappa shape index (κ1) is 15.4. The predicted molar refractivity (Wildman–Crippen MR) is 62.5 cm³/mol. The third kappa shape index (κ3) is 5.46. The van der Waals surface area contributed by atoms with Crippen molar-refractivity contribution >= 4 is 16.0 Å². The molecular weight excluding hydrogens is 230 g/mol. The lowest BCUT2D eigenvalue weighted by Gasteiger charge is -2.22. The van der Waals surface area contributed by atoms with Crippen molar-refractivity contribution in [1.29, 1.82) is 0 Å². The van der Waals surface area contributed by atoms with E-state index in [0.29, 0.717) is 0 Å². The fourth-order valence-electron chi connectivity index (χ4n) is 0.748. The number of carbonyl (C=O) groups is 1. The predicted octanol–water partition coefficient (Wildman–Crippen LogP) is 1.05. The Labute approximate surface area is 97.6 Å². The van der Waals surface area contributed by atoms with Crippen LogP contribution in [0.25, 0.3) is 0 Å². The molecule has 16 heavy (non-hydrogen) atoms. The van der Waals surface area contributed by atoms with Gasteiger partial charge in [0.2, 0.25) is 10.0 Å². The lowest BCUT2D eigenvalue weighted by atomic mass is 10.2. The summed E-state index contributed by atoms with van der Waals surface area (Å²) in [6.45, 7) is 9.52. The van der Waals surface area contributed by atoms with Gasteiger partial charge in [-0.3, -0.25) is 4.79 Å². The third-order valence-corrected chi connectivity index (χ3v) is 3.77. The van der Waals surface area contributed by atoms with Gasteiger partial charge < -0.3 is 4.74 Å². The van der Waals surface area contributed by atoms with Crippen molar-refractivity contribution in [3.63, 3.8) is 0 Å². The quantitative estimate of drug-likeness (QED) is 0.761. The molecule has 0 aliphatic rings. The first-order valence-electron chi connectivity index (χ1n) is 5.06. The maximum Gasteiger partial charge on any atom is 0.321 e. The summed E-state index contributed by atoms with van der Waals surface area (Å²) < 4.78 is 29.5. The summed E-state index contributed by atoms with van der Waals surface area (Å²) in [6.07, 6.45) is 0. The zero-order chi connectivity index (χ0) is 13.2. The molecule has 0 bridgehead atoms. The summed E-state index contributed by atoms with van der Waals surface area (Å²) in [7, 11) is -3.50. The normalized spacial score (nSPS) is 13.6. The van der Waals surface area contributed by atoms with Crippen LogP contribution in [-0.2, 0) is 19.6 Å². The van der Waals surface area contributed by atoms with Crippen molar-refractivity contribution in [2.45, 2.75) is 51.9 Å². The molecule has 0 aromatic carbocycles. The van der Waals surface area contributed by atoms with Gasteiger partial charge in [-0.05, 0) is 41.5 Å². The van der Waals surface area contributed by atoms with E-state index in [1.165, 1.54) is 0 Å². The van der Waals surface area contributed by atoms with E-state index in [9.17, 15) is 13.2 Å². The molecule has 0 aliphatic carbocycles. The van der Waals surface area contributed by atoms with Gasteiger partial charge in [0.05, 0.1) is 4.75 Å². The Morgan fingerprint density at radius 1 is 1.12 bits per heavy atom. The number of hydrogen-bond donors (Lipinski definition) is 1. The number of ether oxygens (including phenoxy) is 1. The van der Waals surface area contributed by atoms with Gasteiger partial charge in [0.25, 0.3) is 0 Å². The van der Waals surface area contributed by atoms with Gasteiger partial charge in [0, 0.05) is 0 Å². The lowest BCUT2D eigenvalue weighted by Crippen LogP contribution is -2.42. The summed E-state index contributed by atoms with van der Waals surface area (Å²) in [5, 5.41) is 0. The first-order valence-corrected chi connectivity index (χ1v) is 6.54. The molecule has 0 radical (unpaired) electrons. The van der Waals surface area contributed by atoms with E-state index < -0.39 is 26.3 Å². The van der Waals surface area contributed by atoms with Gasteiger partial charge in [0.15, 0.2) is 0 Å². The van der Waals surface area contributed by atoms with Gasteiger partial charge >= 0.3 is 5.97 Å². The average Bonchev–Trinajstić information content (AvgIpc) is 1.95. The topological polar surface area (TPSA) is 72.5 Å². The fraction of sp³-hybridized carbons (Fsp3) is 0.900. The molecule has 0 atom stereocenters. The van der Waals surface area contributed by atoms with Gasteiger partial charge in [-0.1, -0.05) is 0 Å². The Bertz CT molecular complexity index is 346. The zero-order valence-electron chi connectivity index (χ0n) is 10.7. The maximum absolute atomic E-state index is 11.6. The minimum atomic E-state index is -3.50. The molecule has 0 unspecified atom stereocenters. The monoisotopic (exact) mass is 251 g/mol. The van der Waals surface area contributed by atoms with E-state index in [2.05, 4.69) is 4.72 Å². The van der Waals surface area contributed by atoms with Crippen LogP contribution < -0.4 is 4.72 Å². The van der Waals surface area contributed by atoms with Crippen LogP contribution in [0.3, 0.4) is 0 Å². The second-order valence-corrected chi connectivity index (χ2v) is 8.04. The van der Waals surface area contributed by atoms with E-state index in [-0.39, 0.29) is 6.54 Å². The molecule has 0 aliphatic heterocycles. The van der Waals surface area contributed by atoms with Gasteiger partial charge in [-0.25, -0.2) is 13.1 Å². The van der Waals surface area contributed by atoms with Crippen molar-refractivity contribution in [2.75, 3.05) is 6.54 Å². The van der Waals surface area contributed by atoms with Crippen LogP contribution in [-0.4, -0.2) is 31.3 Å². The van der Waals surface area contributed by atoms with Gasteiger partial charge in [0.1, 0.15) is 12.1 Å². The summed E-state index contributed by atoms with van der Waals surface area (Å²) in [6, 6.07) is 0. The molecule has 0 fully saturated rings. The summed E-state index contributed by atoms with van der Waals surface area (Å²) in [5.41, 5.74) is -0.607.